The Bertz CT molecular complexity index is 493. The Labute approximate surface area is 121 Å². The number of phenolic OH excluding ortho intramolecular Hbond substituents is 1. The molecule has 1 heterocycles. The predicted octanol–water partition coefficient (Wildman–Crippen LogP) is 3.45. The highest BCUT2D eigenvalue weighted by molar-refractivity contribution is 6.42. The number of ether oxygens (including phenoxy) is 1. The Morgan fingerprint density at radius 1 is 1.42 bits per heavy atom. The summed E-state index contributed by atoms with van der Waals surface area (Å²) in [5.41, 5.74) is 0.261. The Morgan fingerprint density at radius 2 is 2.11 bits per heavy atom. The molecule has 2 atom stereocenters. The van der Waals surface area contributed by atoms with E-state index in [4.69, 9.17) is 27.9 Å². The molecule has 1 aliphatic rings. The first-order valence-corrected chi connectivity index (χ1v) is 6.85. The van der Waals surface area contributed by atoms with Crippen LogP contribution in [0.4, 0.5) is 5.69 Å². The molecule has 2 unspecified atom stereocenters. The van der Waals surface area contributed by atoms with E-state index < -0.39 is 0 Å². The minimum absolute atomic E-state index is 0.105. The zero-order valence-corrected chi connectivity index (χ0v) is 12.0. The zero-order valence-electron chi connectivity index (χ0n) is 10.5. The average Bonchev–Trinajstić information content (AvgIpc) is 2.36. The van der Waals surface area contributed by atoms with Gasteiger partial charge in [-0.15, -0.1) is 0 Å². The number of anilines is 1. The second-order valence-electron chi connectivity index (χ2n) is 4.60. The molecule has 0 aliphatic carbocycles. The topological polar surface area (TPSA) is 58.6 Å². The summed E-state index contributed by atoms with van der Waals surface area (Å²) >= 11 is 11.6. The van der Waals surface area contributed by atoms with Gasteiger partial charge in [0.05, 0.1) is 27.8 Å². The van der Waals surface area contributed by atoms with Gasteiger partial charge in [-0.1, -0.05) is 23.2 Å². The maximum absolute atomic E-state index is 12.1. The molecular weight excluding hydrogens is 289 g/mol. The van der Waals surface area contributed by atoms with E-state index in [1.165, 1.54) is 12.1 Å². The molecule has 2 rings (SSSR count). The van der Waals surface area contributed by atoms with Crippen LogP contribution in [0.15, 0.2) is 12.1 Å². The summed E-state index contributed by atoms with van der Waals surface area (Å²) in [7, 11) is 0. The standard InChI is InChI=1S/C13H15Cl2NO3/c1-7-8(3-2-4-19-7)13(18)16-11-5-9(14)10(15)6-12(11)17/h5-8,17H,2-4H2,1H3,(H,16,18). The number of hydrogen-bond acceptors (Lipinski definition) is 3. The van der Waals surface area contributed by atoms with Crippen LogP contribution >= 0.6 is 23.2 Å². The Balaban J connectivity index is 2.12. The number of amides is 1. The third-order valence-electron chi connectivity index (χ3n) is 3.24. The van der Waals surface area contributed by atoms with Crippen LogP contribution in [0.25, 0.3) is 0 Å². The number of phenols is 1. The molecule has 2 N–H and O–H groups in total. The summed E-state index contributed by atoms with van der Waals surface area (Å²) < 4.78 is 5.45. The normalized spacial score (nSPS) is 23.1. The lowest BCUT2D eigenvalue weighted by atomic mass is 9.94. The lowest BCUT2D eigenvalue weighted by Crippen LogP contribution is -2.36. The molecule has 0 bridgehead atoms. The number of nitrogens with one attached hydrogen (secondary N) is 1. The smallest absolute Gasteiger partial charge is 0.230 e. The van der Waals surface area contributed by atoms with Crippen LogP contribution in [0.3, 0.4) is 0 Å². The highest BCUT2D eigenvalue weighted by atomic mass is 35.5. The van der Waals surface area contributed by atoms with Crippen LogP contribution < -0.4 is 5.32 Å². The van der Waals surface area contributed by atoms with Crippen molar-refractivity contribution in [3.63, 3.8) is 0 Å². The molecule has 0 spiro atoms. The number of hydrogen-bond donors (Lipinski definition) is 2. The average molecular weight is 304 g/mol. The van der Waals surface area contributed by atoms with Crippen LogP contribution in [-0.2, 0) is 9.53 Å². The summed E-state index contributed by atoms with van der Waals surface area (Å²) in [4.78, 5) is 12.1. The number of carbonyl (C=O) groups is 1. The van der Waals surface area contributed by atoms with Gasteiger partial charge in [0.15, 0.2) is 0 Å². The van der Waals surface area contributed by atoms with Crippen molar-refractivity contribution in [1.82, 2.24) is 0 Å². The van der Waals surface area contributed by atoms with Crippen molar-refractivity contribution in [2.24, 2.45) is 5.92 Å². The van der Waals surface area contributed by atoms with Gasteiger partial charge in [0.25, 0.3) is 0 Å². The minimum Gasteiger partial charge on any atom is -0.506 e. The van der Waals surface area contributed by atoms with E-state index in [0.717, 1.165) is 12.8 Å². The number of carbonyl (C=O) groups excluding carboxylic acids is 1. The van der Waals surface area contributed by atoms with Gasteiger partial charge in [-0.3, -0.25) is 4.79 Å². The maximum Gasteiger partial charge on any atom is 0.230 e. The molecule has 4 nitrogen and oxygen atoms in total. The van der Waals surface area contributed by atoms with Gasteiger partial charge in [0.1, 0.15) is 5.75 Å². The highest BCUT2D eigenvalue weighted by Gasteiger charge is 2.29. The summed E-state index contributed by atoms with van der Waals surface area (Å²) in [6.07, 6.45) is 1.50. The van der Waals surface area contributed by atoms with E-state index >= 15 is 0 Å². The first kappa shape index (κ1) is 14.4. The van der Waals surface area contributed by atoms with Gasteiger partial charge in [-0.25, -0.2) is 0 Å². The van der Waals surface area contributed by atoms with Crippen LogP contribution in [0.5, 0.6) is 5.75 Å². The molecule has 0 radical (unpaired) electrons. The van der Waals surface area contributed by atoms with E-state index in [1.807, 2.05) is 6.92 Å². The molecule has 1 amide bonds. The first-order chi connectivity index (χ1) is 8.99. The molecule has 19 heavy (non-hydrogen) atoms. The Kier molecular flexibility index (Phi) is 4.55. The van der Waals surface area contributed by atoms with Gasteiger partial charge >= 0.3 is 0 Å². The largest absolute Gasteiger partial charge is 0.506 e. The van der Waals surface area contributed by atoms with Crippen molar-refractivity contribution in [2.45, 2.75) is 25.9 Å². The summed E-state index contributed by atoms with van der Waals surface area (Å²) in [6.45, 7) is 2.56. The first-order valence-electron chi connectivity index (χ1n) is 6.09. The van der Waals surface area contributed by atoms with Crippen LogP contribution in [0.1, 0.15) is 19.8 Å². The fourth-order valence-electron chi connectivity index (χ4n) is 2.13. The number of rotatable bonds is 2. The molecule has 0 saturated carbocycles. The van der Waals surface area contributed by atoms with Gasteiger partial charge in [-0.05, 0) is 25.8 Å². The molecule has 104 valence electrons. The van der Waals surface area contributed by atoms with Crippen molar-refractivity contribution in [1.29, 1.82) is 0 Å². The molecular formula is C13H15Cl2NO3. The minimum atomic E-state index is -0.220. The van der Waals surface area contributed by atoms with Crippen LogP contribution in [0, 0.1) is 5.92 Å². The molecule has 1 aliphatic heterocycles. The number of halogens is 2. The van der Waals surface area contributed by atoms with Crippen molar-refractivity contribution >= 4 is 34.8 Å². The monoisotopic (exact) mass is 303 g/mol. The van der Waals surface area contributed by atoms with Crippen molar-refractivity contribution < 1.29 is 14.6 Å². The van der Waals surface area contributed by atoms with Crippen molar-refractivity contribution in [3.05, 3.63) is 22.2 Å². The number of aromatic hydroxyl groups is 1. The fourth-order valence-corrected chi connectivity index (χ4v) is 2.45. The molecule has 1 aromatic rings. The van der Waals surface area contributed by atoms with Gasteiger partial charge in [0, 0.05) is 12.7 Å². The second-order valence-corrected chi connectivity index (χ2v) is 5.41. The molecule has 6 heteroatoms. The zero-order chi connectivity index (χ0) is 14.0. The quantitative estimate of drug-likeness (QED) is 0.823. The van der Waals surface area contributed by atoms with E-state index in [0.29, 0.717) is 6.61 Å². The van der Waals surface area contributed by atoms with Gasteiger partial charge < -0.3 is 15.2 Å². The summed E-state index contributed by atoms with van der Waals surface area (Å²) in [6, 6.07) is 2.74. The van der Waals surface area contributed by atoms with E-state index in [2.05, 4.69) is 5.32 Å². The SMILES string of the molecule is CC1OCCCC1C(=O)Nc1cc(Cl)c(Cl)cc1O. The molecule has 1 aromatic carbocycles. The van der Waals surface area contributed by atoms with E-state index in [1.54, 1.807) is 0 Å². The third-order valence-corrected chi connectivity index (χ3v) is 3.96. The fraction of sp³-hybridized carbons (Fsp3) is 0.462. The van der Waals surface area contributed by atoms with Gasteiger partial charge in [-0.2, -0.15) is 0 Å². The maximum atomic E-state index is 12.1. The summed E-state index contributed by atoms with van der Waals surface area (Å²) in [5.74, 6) is -0.504. The Hall–Kier alpha value is -0.970. The van der Waals surface area contributed by atoms with Crippen LogP contribution in [-0.4, -0.2) is 23.7 Å². The third kappa shape index (κ3) is 3.32. The molecule has 1 fully saturated rings. The summed E-state index contributed by atoms with van der Waals surface area (Å²) in [5, 5.41) is 12.9. The highest BCUT2D eigenvalue weighted by Crippen LogP contribution is 2.34. The molecule has 1 saturated heterocycles. The van der Waals surface area contributed by atoms with Crippen LogP contribution in [0.2, 0.25) is 10.0 Å². The predicted molar refractivity (Wildman–Crippen MR) is 74.9 cm³/mol. The van der Waals surface area contributed by atoms with E-state index in [9.17, 15) is 9.90 Å². The number of benzene rings is 1. The lowest BCUT2D eigenvalue weighted by molar-refractivity contribution is -0.127. The Morgan fingerprint density at radius 3 is 2.79 bits per heavy atom. The lowest BCUT2D eigenvalue weighted by Gasteiger charge is -2.28. The van der Waals surface area contributed by atoms with E-state index in [-0.39, 0.29) is 39.4 Å². The van der Waals surface area contributed by atoms with Gasteiger partial charge in [0.2, 0.25) is 5.91 Å². The second kappa shape index (κ2) is 5.99. The van der Waals surface area contributed by atoms with Crippen molar-refractivity contribution in [3.8, 4) is 5.75 Å². The molecule has 0 aromatic heterocycles. The van der Waals surface area contributed by atoms with Crippen molar-refractivity contribution in [2.75, 3.05) is 11.9 Å².